The Labute approximate surface area is 67.7 Å². The van der Waals surface area contributed by atoms with Crippen molar-refractivity contribution in [3.63, 3.8) is 0 Å². The highest BCUT2D eigenvalue weighted by atomic mass is 32.2. The van der Waals surface area contributed by atoms with E-state index in [2.05, 4.69) is 0 Å². The Morgan fingerprint density at radius 3 is 2.64 bits per heavy atom. The summed E-state index contributed by atoms with van der Waals surface area (Å²) in [5.41, 5.74) is 0. The van der Waals surface area contributed by atoms with E-state index in [1.165, 1.54) is 0 Å². The van der Waals surface area contributed by atoms with Crippen molar-refractivity contribution < 1.29 is 13.2 Å². The van der Waals surface area contributed by atoms with E-state index in [4.69, 9.17) is 4.74 Å². The fourth-order valence-corrected chi connectivity index (χ4v) is 1.81. The summed E-state index contributed by atoms with van der Waals surface area (Å²) in [4.78, 5) is 0. The highest BCUT2D eigenvalue weighted by molar-refractivity contribution is 7.91. The molecule has 0 N–H and O–H groups in total. The summed E-state index contributed by atoms with van der Waals surface area (Å²) in [5, 5.41) is 0. The molecule has 0 aromatic carbocycles. The molecule has 1 unspecified atom stereocenters. The molecule has 11 heavy (non-hydrogen) atoms. The van der Waals surface area contributed by atoms with Crippen molar-refractivity contribution in [2.24, 2.45) is 0 Å². The predicted octanol–water partition coefficient (Wildman–Crippen LogP) is 0.600. The largest absolute Gasteiger partial charge is 0.373 e. The molecule has 1 rings (SSSR count). The first-order chi connectivity index (χ1) is 5.14. The summed E-state index contributed by atoms with van der Waals surface area (Å²) in [7, 11) is -2.74. The second-order valence-corrected chi connectivity index (χ2v) is 5.31. The quantitative estimate of drug-likeness (QED) is 0.579. The summed E-state index contributed by atoms with van der Waals surface area (Å²) in [6.07, 6.45) is 2.02. The lowest BCUT2D eigenvalue weighted by Crippen LogP contribution is -2.09. The van der Waals surface area contributed by atoms with Crippen molar-refractivity contribution >= 4 is 9.84 Å². The first-order valence-electron chi connectivity index (χ1n) is 3.96. The molecule has 66 valence electrons. The molecule has 0 aromatic heterocycles. The van der Waals surface area contributed by atoms with E-state index in [0.29, 0.717) is 11.9 Å². The van der Waals surface area contributed by atoms with E-state index in [1.807, 2.05) is 0 Å². The van der Waals surface area contributed by atoms with E-state index >= 15 is 0 Å². The van der Waals surface area contributed by atoms with E-state index in [9.17, 15) is 8.42 Å². The van der Waals surface area contributed by atoms with Crippen LogP contribution in [-0.2, 0) is 14.6 Å². The molecule has 1 fully saturated rings. The Morgan fingerprint density at radius 2 is 2.18 bits per heavy atom. The van der Waals surface area contributed by atoms with Crippen LogP contribution in [0.4, 0.5) is 0 Å². The Kier molecular flexibility index (Phi) is 2.90. The maximum Gasteiger partial charge on any atom is 0.150 e. The van der Waals surface area contributed by atoms with Crippen molar-refractivity contribution in [3.8, 4) is 0 Å². The van der Waals surface area contributed by atoms with Crippen molar-refractivity contribution in [2.45, 2.75) is 25.9 Å². The molecule has 0 amide bonds. The number of epoxide rings is 1. The number of sulfone groups is 1. The van der Waals surface area contributed by atoms with Gasteiger partial charge in [-0.05, 0) is 12.8 Å². The zero-order valence-corrected chi connectivity index (χ0v) is 7.56. The fourth-order valence-electron chi connectivity index (χ4n) is 0.910. The Hall–Kier alpha value is -0.0900. The molecule has 4 heteroatoms. The van der Waals surface area contributed by atoms with Gasteiger partial charge in [0.2, 0.25) is 0 Å². The van der Waals surface area contributed by atoms with Gasteiger partial charge in [0.15, 0.2) is 0 Å². The molecule has 1 atom stereocenters. The minimum atomic E-state index is -2.74. The van der Waals surface area contributed by atoms with Crippen molar-refractivity contribution in [2.75, 3.05) is 18.1 Å². The minimum Gasteiger partial charge on any atom is -0.373 e. The molecule has 1 aliphatic rings. The molecule has 0 aliphatic carbocycles. The van der Waals surface area contributed by atoms with Crippen LogP contribution in [0.1, 0.15) is 19.8 Å². The Balaban J connectivity index is 2.09. The first-order valence-corrected chi connectivity index (χ1v) is 5.78. The lowest BCUT2D eigenvalue weighted by molar-refractivity contribution is 0.395. The van der Waals surface area contributed by atoms with E-state index in [1.54, 1.807) is 6.92 Å². The van der Waals surface area contributed by atoms with Crippen LogP contribution in [0, 0.1) is 0 Å². The van der Waals surface area contributed by atoms with E-state index < -0.39 is 9.84 Å². The van der Waals surface area contributed by atoms with Gasteiger partial charge < -0.3 is 4.74 Å². The molecular formula is C7H14O3S. The normalized spacial score (nSPS) is 23.5. The van der Waals surface area contributed by atoms with Crippen molar-refractivity contribution in [1.29, 1.82) is 0 Å². The summed E-state index contributed by atoms with van der Waals surface area (Å²) in [6, 6.07) is 0. The van der Waals surface area contributed by atoms with Crippen LogP contribution in [0.2, 0.25) is 0 Å². The van der Waals surface area contributed by atoms with Gasteiger partial charge in [-0.25, -0.2) is 8.42 Å². The van der Waals surface area contributed by atoms with Crippen molar-refractivity contribution in [1.82, 2.24) is 0 Å². The molecule has 1 heterocycles. The minimum absolute atomic E-state index is 0.262. The zero-order valence-electron chi connectivity index (χ0n) is 6.75. The third-order valence-corrected chi connectivity index (χ3v) is 3.61. The highest BCUT2D eigenvalue weighted by Crippen LogP contribution is 2.15. The average molecular weight is 178 g/mol. The summed E-state index contributed by atoms with van der Waals surface area (Å²) in [6.45, 7) is 2.51. The number of ether oxygens (including phenoxy) is 1. The molecule has 0 spiro atoms. The molecule has 0 aromatic rings. The van der Waals surface area contributed by atoms with Crippen LogP contribution in [0.15, 0.2) is 0 Å². The van der Waals surface area contributed by atoms with Crippen LogP contribution in [0.5, 0.6) is 0 Å². The number of hydrogen-bond donors (Lipinski definition) is 0. The van der Waals surface area contributed by atoms with Crippen LogP contribution in [0.3, 0.4) is 0 Å². The summed E-state index contributed by atoms with van der Waals surface area (Å²) >= 11 is 0. The number of hydrogen-bond acceptors (Lipinski definition) is 3. The fraction of sp³-hybridized carbons (Fsp3) is 1.00. The smallest absolute Gasteiger partial charge is 0.150 e. The number of rotatable bonds is 5. The lowest BCUT2D eigenvalue weighted by Gasteiger charge is -1.98. The highest BCUT2D eigenvalue weighted by Gasteiger charge is 2.22. The second-order valence-electron chi connectivity index (χ2n) is 2.83. The van der Waals surface area contributed by atoms with Gasteiger partial charge in [-0.15, -0.1) is 0 Å². The average Bonchev–Trinajstić information content (AvgIpc) is 2.71. The standard InChI is InChI=1S/C7H14O3S/c1-2-11(8,9)5-3-4-7-6-10-7/h7H,2-6H2,1H3. The van der Waals surface area contributed by atoms with Crippen LogP contribution in [0.25, 0.3) is 0 Å². The third kappa shape index (κ3) is 3.72. The molecule has 0 saturated carbocycles. The van der Waals surface area contributed by atoms with E-state index in [-0.39, 0.29) is 5.75 Å². The van der Waals surface area contributed by atoms with Gasteiger partial charge in [0.1, 0.15) is 9.84 Å². The Bertz CT molecular complexity index is 204. The van der Waals surface area contributed by atoms with Gasteiger partial charge in [0.05, 0.1) is 18.5 Å². The SMILES string of the molecule is CCS(=O)(=O)CCCC1CO1. The zero-order chi connectivity index (χ0) is 8.32. The van der Waals surface area contributed by atoms with E-state index in [0.717, 1.165) is 19.4 Å². The van der Waals surface area contributed by atoms with Crippen molar-refractivity contribution in [3.05, 3.63) is 0 Å². The van der Waals surface area contributed by atoms with Gasteiger partial charge in [0, 0.05) is 5.75 Å². The maximum absolute atomic E-state index is 11.0. The third-order valence-electron chi connectivity index (χ3n) is 1.82. The molecule has 1 saturated heterocycles. The molecule has 0 radical (unpaired) electrons. The lowest BCUT2D eigenvalue weighted by atomic mass is 10.3. The predicted molar refractivity (Wildman–Crippen MR) is 43.3 cm³/mol. The monoisotopic (exact) mass is 178 g/mol. The van der Waals surface area contributed by atoms with Crippen LogP contribution >= 0.6 is 0 Å². The molecule has 3 nitrogen and oxygen atoms in total. The first kappa shape index (κ1) is 9.00. The molecule has 0 bridgehead atoms. The summed E-state index contributed by atoms with van der Waals surface area (Å²) in [5.74, 6) is 0.585. The van der Waals surface area contributed by atoms with Crippen LogP contribution < -0.4 is 0 Å². The van der Waals surface area contributed by atoms with Gasteiger partial charge in [-0.1, -0.05) is 6.92 Å². The topological polar surface area (TPSA) is 46.7 Å². The maximum atomic E-state index is 11.0. The van der Waals surface area contributed by atoms with Crippen LogP contribution in [-0.4, -0.2) is 32.6 Å². The second kappa shape index (κ2) is 3.54. The van der Waals surface area contributed by atoms with Gasteiger partial charge in [-0.3, -0.25) is 0 Å². The molecule has 1 aliphatic heterocycles. The molecular weight excluding hydrogens is 164 g/mol. The van der Waals surface area contributed by atoms with Gasteiger partial charge in [-0.2, -0.15) is 0 Å². The summed E-state index contributed by atoms with van der Waals surface area (Å²) < 4.78 is 26.9. The Morgan fingerprint density at radius 1 is 1.55 bits per heavy atom. The van der Waals surface area contributed by atoms with Gasteiger partial charge >= 0.3 is 0 Å². The van der Waals surface area contributed by atoms with Gasteiger partial charge in [0.25, 0.3) is 0 Å².